The predicted molar refractivity (Wildman–Crippen MR) is 62.7 cm³/mol. The fourth-order valence-electron chi connectivity index (χ4n) is 1.67. The molecule has 3 N–H and O–H groups in total. The van der Waals surface area contributed by atoms with Gasteiger partial charge in [-0.3, -0.25) is 0 Å². The number of aryl methyl sites for hydroxylation is 1. The summed E-state index contributed by atoms with van der Waals surface area (Å²) in [6, 6.07) is 13.1. The lowest BCUT2D eigenvalue weighted by Gasteiger charge is -2.08. The van der Waals surface area contributed by atoms with Crippen molar-refractivity contribution >= 4 is 5.69 Å². The number of nitrogen functional groups attached to an aromatic ring is 1. The Kier molecular flexibility index (Phi) is 2.34. The van der Waals surface area contributed by atoms with Gasteiger partial charge in [-0.15, -0.1) is 0 Å². The SMILES string of the molecule is Cc1cccc(-c2c(N)cccc2O)c1. The van der Waals surface area contributed by atoms with Gasteiger partial charge in [0.1, 0.15) is 5.75 Å². The van der Waals surface area contributed by atoms with Crippen LogP contribution in [-0.4, -0.2) is 5.11 Å². The second-order valence-corrected chi connectivity index (χ2v) is 3.61. The van der Waals surface area contributed by atoms with Crippen LogP contribution in [-0.2, 0) is 0 Å². The maximum Gasteiger partial charge on any atom is 0.125 e. The molecule has 0 heterocycles. The molecule has 0 aliphatic heterocycles. The van der Waals surface area contributed by atoms with Gasteiger partial charge in [-0.05, 0) is 24.6 Å². The molecule has 0 aliphatic carbocycles. The van der Waals surface area contributed by atoms with Crippen molar-refractivity contribution in [3.05, 3.63) is 48.0 Å². The number of phenols is 1. The molecule has 0 bridgehead atoms. The number of phenolic OH excluding ortho intramolecular Hbond substituents is 1. The lowest BCUT2D eigenvalue weighted by molar-refractivity contribution is 0.477. The van der Waals surface area contributed by atoms with E-state index in [2.05, 4.69) is 0 Å². The van der Waals surface area contributed by atoms with Crippen molar-refractivity contribution in [2.75, 3.05) is 5.73 Å². The highest BCUT2D eigenvalue weighted by Gasteiger charge is 2.07. The van der Waals surface area contributed by atoms with Crippen LogP contribution in [0.15, 0.2) is 42.5 Å². The van der Waals surface area contributed by atoms with E-state index in [1.54, 1.807) is 18.2 Å². The maximum atomic E-state index is 9.76. The van der Waals surface area contributed by atoms with Gasteiger partial charge < -0.3 is 10.8 Å². The highest BCUT2D eigenvalue weighted by atomic mass is 16.3. The molecule has 15 heavy (non-hydrogen) atoms. The zero-order valence-corrected chi connectivity index (χ0v) is 8.57. The average Bonchev–Trinajstić information content (AvgIpc) is 2.17. The minimum atomic E-state index is 0.223. The standard InChI is InChI=1S/C13H13NO/c1-9-4-2-5-10(8-9)13-11(14)6-3-7-12(13)15/h2-8,15H,14H2,1H3. The molecule has 0 radical (unpaired) electrons. The van der Waals surface area contributed by atoms with Crippen LogP contribution in [0.3, 0.4) is 0 Å². The van der Waals surface area contributed by atoms with Crippen molar-refractivity contribution < 1.29 is 5.11 Å². The van der Waals surface area contributed by atoms with Gasteiger partial charge in [-0.2, -0.15) is 0 Å². The first-order valence-corrected chi connectivity index (χ1v) is 4.83. The van der Waals surface area contributed by atoms with Crippen molar-refractivity contribution in [3.63, 3.8) is 0 Å². The van der Waals surface area contributed by atoms with Crippen LogP contribution in [0, 0.1) is 6.92 Å². The summed E-state index contributed by atoms with van der Waals surface area (Å²) in [6.07, 6.45) is 0. The Hall–Kier alpha value is -1.96. The maximum absolute atomic E-state index is 9.76. The number of anilines is 1. The van der Waals surface area contributed by atoms with Gasteiger partial charge in [0.05, 0.1) is 0 Å². The lowest BCUT2D eigenvalue weighted by atomic mass is 10.0. The van der Waals surface area contributed by atoms with Crippen LogP contribution in [0.2, 0.25) is 0 Å². The van der Waals surface area contributed by atoms with E-state index in [1.807, 2.05) is 31.2 Å². The number of aromatic hydroxyl groups is 1. The highest BCUT2D eigenvalue weighted by Crippen LogP contribution is 2.34. The Morgan fingerprint density at radius 3 is 2.47 bits per heavy atom. The number of hydrogen-bond donors (Lipinski definition) is 2. The molecule has 0 saturated heterocycles. The molecule has 76 valence electrons. The van der Waals surface area contributed by atoms with Gasteiger partial charge in [0, 0.05) is 11.3 Å². The number of hydrogen-bond acceptors (Lipinski definition) is 2. The molecule has 2 nitrogen and oxygen atoms in total. The first kappa shape index (κ1) is 9.59. The normalized spacial score (nSPS) is 10.2. The van der Waals surface area contributed by atoms with Crippen molar-refractivity contribution in [3.8, 4) is 16.9 Å². The molecule has 0 fully saturated rings. The number of rotatable bonds is 1. The Labute approximate surface area is 89.0 Å². The van der Waals surface area contributed by atoms with Crippen molar-refractivity contribution in [1.82, 2.24) is 0 Å². The largest absolute Gasteiger partial charge is 0.507 e. The van der Waals surface area contributed by atoms with Crippen molar-refractivity contribution in [1.29, 1.82) is 0 Å². The Morgan fingerprint density at radius 1 is 1.07 bits per heavy atom. The molecule has 2 aromatic carbocycles. The topological polar surface area (TPSA) is 46.2 Å². The first-order valence-electron chi connectivity index (χ1n) is 4.83. The monoisotopic (exact) mass is 199 g/mol. The molecule has 0 aliphatic rings. The number of benzene rings is 2. The summed E-state index contributed by atoms with van der Waals surface area (Å²) in [5.41, 5.74) is 9.25. The fraction of sp³-hybridized carbons (Fsp3) is 0.0769. The van der Waals surface area contributed by atoms with Crippen LogP contribution in [0.1, 0.15) is 5.56 Å². The van der Waals surface area contributed by atoms with Crippen LogP contribution in [0.25, 0.3) is 11.1 Å². The zero-order valence-electron chi connectivity index (χ0n) is 8.57. The molecule has 0 atom stereocenters. The molecular formula is C13H13NO. The van der Waals surface area contributed by atoms with E-state index in [1.165, 1.54) is 0 Å². The highest BCUT2D eigenvalue weighted by molar-refractivity contribution is 5.81. The second kappa shape index (κ2) is 3.65. The molecule has 0 unspecified atom stereocenters. The summed E-state index contributed by atoms with van der Waals surface area (Å²) in [5, 5.41) is 9.76. The summed E-state index contributed by atoms with van der Waals surface area (Å²) in [7, 11) is 0. The summed E-state index contributed by atoms with van der Waals surface area (Å²) in [5.74, 6) is 0.223. The van der Waals surface area contributed by atoms with Crippen molar-refractivity contribution in [2.45, 2.75) is 6.92 Å². The van der Waals surface area contributed by atoms with E-state index in [4.69, 9.17) is 5.73 Å². The molecule has 2 aromatic rings. The summed E-state index contributed by atoms with van der Waals surface area (Å²) in [6.45, 7) is 2.01. The molecular weight excluding hydrogens is 186 g/mol. The Morgan fingerprint density at radius 2 is 1.80 bits per heavy atom. The summed E-state index contributed by atoms with van der Waals surface area (Å²) >= 11 is 0. The van der Waals surface area contributed by atoms with Gasteiger partial charge in [-0.1, -0.05) is 35.9 Å². The quantitative estimate of drug-likeness (QED) is 0.693. The Balaban J connectivity index is 2.63. The van der Waals surface area contributed by atoms with Gasteiger partial charge in [-0.25, -0.2) is 0 Å². The van der Waals surface area contributed by atoms with Crippen LogP contribution >= 0.6 is 0 Å². The molecule has 2 heteroatoms. The third-order valence-corrected chi connectivity index (χ3v) is 2.38. The first-order chi connectivity index (χ1) is 7.18. The van der Waals surface area contributed by atoms with Crippen molar-refractivity contribution in [2.24, 2.45) is 0 Å². The van der Waals surface area contributed by atoms with Crippen LogP contribution < -0.4 is 5.73 Å². The molecule has 0 saturated carbocycles. The van der Waals surface area contributed by atoms with E-state index < -0.39 is 0 Å². The predicted octanol–water partition coefficient (Wildman–Crippen LogP) is 2.95. The molecule has 2 rings (SSSR count). The number of nitrogens with two attached hydrogens (primary N) is 1. The van der Waals surface area contributed by atoms with E-state index >= 15 is 0 Å². The second-order valence-electron chi connectivity index (χ2n) is 3.61. The van der Waals surface area contributed by atoms with E-state index in [-0.39, 0.29) is 5.75 Å². The summed E-state index contributed by atoms with van der Waals surface area (Å²) in [4.78, 5) is 0. The van der Waals surface area contributed by atoms with Crippen LogP contribution in [0.5, 0.6) is 5.75 Å². The molecule has 0 spiro atoms. The molecule has 0 amide bonds. The van der Waals surface area contributed by atoms with Gasteiger partial charge in [0.25, 0.3) is 0 Å². The lowest BCUT2D eigenvalue weighted by Crippen LogP contribution is -1.90. The van der Waals surface area contributed by atoms with E-state index in [0.29, 0.717) is 11.3 Å². The van der Waals surface area contributed by atoms with Gasteiger partial charge in [0.2, 0.25) is 0 Å². The molecule has 0 aromatic heterocycles. The minimum Gasteiger partial charge on any atom is -0.507 e. The minimum absolute atomic E-state index is 0.223. The van der Waals surface area contributed by atoms with Gasteiger partial charge in [0.15, 0.2) is 0 Å². The van der Waals surface area contributed by atoms with E-state index in [0.717, 1.165) is 11.1 Å². The van der Waals surface area contributed by atoms with Crippen LogP contribution in [0.4, 0.5) is 5.69 Å². The smallest absolute Gasteiger partial charge is 0.125 e. The third-order valence-electron chi connectivity index (χ3n) is 2.38. The summed E-state index contributed by atoms with van der Waals surface area (Å²) < 4.78 is 0. The zero-order chi connectivity index (χ0) is 10.8. The third kappa shape index (κ3) is 1.79. The van der Waals surface area contributed by atoms with E-state index in [9.17, 15) is 5.11 Å². The fourth-order valence-corrected chi connectivity index (χ4v) is 1.67. The average molecular weight is 199 g/mol. The Bertz CT molecular complexity index is 471. The van der Waals surface area contributed by atoms with Gasteiger partial charge >= 0.3 is 0 Å².